The van der Waals surface area contributed by atoms with E-state index in [0.29, 0.717) is 13.1 Å². The molecule has 0 saturated heterocycles. The molecule has 0 aliphatic rings. The van der Waals surface area contributed by atoms with Crippen LogP contribution in [0.3, 0.4) is 0 Å². The fourth-order valence-corrected chi connectivity index (χ4v) is 3.68. The van der Waals surface area contributed by atoms with Gasteiger partial charge in [-0.25, -0.2) is 4.68 Å². The molecule has 0 radical (unpaired) electrons. The lowest BCUT2D eigenvalue weighted by molar-refractivity contribution is 0.0944. The minimum atomic E-state index is 0.116. The number of aromatic amines is 1. The van der Waals surface area contributed by atoms with Gasteiger partial charge in [-0.05, 0) is 39.1 Å². The standard InChI is InChI=1S/C23H24N4O/c1-16-21(17(2)27(25-16)18-9-5-4-6-10-18)14-26(3)15-23(28)20-13-24-22-12-8-7-11-19(20)22/h4-13,24H,14-15H2,1-3H3. The van der Waals surface area contributed by atoms with Gasteiger partial charge in [-0.1, -0.05) is 36.4 Å². The van der Waals surface area contributed by atoms with E-state index in [1.54, 1.807) is 0 Å². The van der Waals surface area contributed by atoms with E-state index in [1.165, 1.54) is 0 Å². The predicted molar refractivity (Wildman–Crippen MR) is 112 cm³/mol. The number of ketones is 1. The van der Waals surface area contributed by atoms with Gasteiger partial charge in [-0.15, -0.1) is 0 Å². The normalized spacial score (nSPS) is 11.4. The summed E-state index contributed by atoms with van der Waals surface area (Å²) in [6.07, 6.45) is 1.81. The highest BCUT2D eigenvalue weighted by Crippen LogP contribution is 2.21. The molecule has 4 aromatic rings. The van der Waals surface area contributed by atoms with Crippen molar-refractivity contribution in [1.29, 1.82) is 0 Å². The van der Waals surface area contributed by atoms with Crippen molar-refractivity contribution in [2.75, 3.05) is 13.6 Å². The summed E-state index contributed by atoms with van der Waals surface area (Å²) >= 11 is 0. The first kappa shape index (κ1) is 18.2. The fourth-order valence-electron chi connectivity index (χ4n) is 3.68. The summed E-state index contributed by atoms with van der Waals surface area (Å²) in [4.78, 5) is 18.1. The topological polar surface area (TPSA) is 53.9 Å². The summed E-state index contributed by atoms with van der Waals surface area (Å²) in [5, 5.41) is 5.68. The second-order valence-corrected chi connectivity index (χ2v) is 7.24. The van der Waals surface area contributed by atoms with Gasteiger partial charge in [-0.2, -0.15) is 5.10 Å². The molecule has 5 nitrogen and oxygen atoms in total. The SMILES string of the molecule is Cc1nn(-c2ccccc2)c(C)c1CN(C)CC(=O)c1c[nH]c2ccccc12. The van der Waals surface area contributed by atoms with E-state index in [9.17, 15) is 4.79 Å². The van der Waals surface area contributed by atoms with Gasteiger partial charge in [0.1, 0.15) is 0 Å². The van der Waals surface area contributed by atoms with E-state index < -0.39 is 0 Å². The van der Waals surface area contributed by atoms with E-state index in [4.69, 9.17) is 5.10 Å². The first-order chi connectivity index (χ1) is 13.5. The van der Waals surface area contributed by atoms with E-state index in [-0.39, 0.29) is 5.78 Å². The second kappa shape index (κ2) is 7.44. The third-order valence-corrected chi connectivity index (χ3v) is 5.17. The third kappa shape index (κ3) is 3.37. The molecule has 0 aliphatic carbocycles. The number of nitrogens with zero attached hydrogens (tertiary/aromatic N) is 3. The van der Waals surface area contributed by atoms with Gasteiger partial charge in [0.25, 0.3) is 0 Å². The molecular formula is C23H24N4O. The lowest BCUT2D eigenvalue weighted by atomic mass is 10.1. The molecule has 0 amide bonds. The number of para-hydroxylation sites is 2. The number of H-pyrrole nitrogens is 1. The van der Waals surface area contributed by atoms with Crippen molar-refractivity contribution in [3.05, 3.63) is 83.3 Å². The summed E-state index contributed by atoms with van der Waals surface area (Å²) in [5.41, 5.74) is 6.05. The molecule has 0 fully saturated rings. The number of hydrogen-bond acceptors (Lipinski definition) is 3. The van der Waals surface area contributed by atoms with E-state index in [2.05, 4.69) is 16.8 Å². The van der Waals surface area contributed by atoms with Gasteiger partial charge >= 0.3 is 0 Å². The molecule has 2 aromatic heterocycles. The molecule has 0 unspecified atom stereocenters. The number of Topliss-reactive ketones (excluding diaryl/α,β-unsaturated/α-hetero) is 1. The molecule has 0 aliphatic heterocycles. The van der Waals surface area contributed by atoms with Crippen molar-refractivity contribution < 1.29 is 4.79 Å². The van der Waals surface area contributed by atoms with Crippen molar-refractivity contribution >= 4 is 16.7 Å². The molecule has 2 aromatic carbocycles. The average molecular weight is 372 g/mol. The van der Waals surface area contributed by atoms with Crippen LogP contribution in [0, 0.1) is 13.8 Å². The van der Waals surface area contributed by atoms with Crippen LogP contribution in [0.4, 0.5) is 0 Å². The number of aryl methyl sites for hydroxylation is 1. The third-order valence-electron chi connectivity index (χ3n) is 5.17. The molecule has 1 N–H and O–H groups in total. The van der Waals surface area contributed by atoms with Gasteiger partial charge in [0.2, 0.25) is 0 Å². The largest absolute Gasteiger partial charge is 0.360 e. The minimum Gasteiger partial charge on any atom is -0.360 e. The van der Waals surface area contributed by atoms with Crippen molar-refractivity contribution in [3.8, 4) is 5.69 Å². The maximum absolute atomic E-state index is 12.8. The Bertz CT molecular complexity index is 1120. The number of aromatic nitrogens is 3. The molecular weight excluding hydrogens is 348 g/mol. The van der Waals surface area contributed by atoms with Gasteiger partial charge in [0, 0.05) is 40.5 Å². The molecule has 142 valence electrons. The Kier molecular flexibility index (Phi) is 4.84. The van der Waals surface area contributed by atoms with Gasteiger partial charge in [0.05, 0.1) is 17.9 Å². The number of nitrogens with one attached hydrogen (secondary N) is 1. The Morgan fingerprint density at radius 2 is 1.79 bits per heavy atom. The maximum Gasteiger partial charge on any atom is 0.178 e. The highest BCUT2D eigenvalue weighted by Gasteiger charge is 2.18. The van der Waals surface area contributed by atoms with E-state index >= 15 is 0 Å². The van der Waals surface area contributed by atoms with Gasteiger partial charge in [0.15, 0.2) is 5.78 Å². The van der Waals surface area contributed by atoms with Crippen LogP contribution in [0.25, 0.3) is 16.6 Å². The lowest BCUT2D eigenvalue weighted by Crippen LogP contribution is -2.26. The smallest absolute Gasteiger partial charge is 0.178 e. The van der Waals surface area contributed by atoms with Gasteiger partial charge < -0.3 is 4.98 Å². The van der Waals surface area contributed by atoms with Crippen molar-refractivity contribution in [2.24, 2.45) is 0 Å². The fraction of sp³-hybridized carbons (Fsp3) is 0.217. The number of carbonyl (C=O) groups excluding carboxylic acids is 1. The summed E-state index contributed by atoms with van der Waals surface area (Å²) in [6, 6.07) is 18.0. The Balaban J connectivity index is 1.52. The number of likely N-dealkylation sites (N-methyl/N-ethyl adjacent to an activating group) is 1. The number of rotatable bonds is 6. The quantitative estimate of drug-likeness (QED) is 0.514. The molecule has 0 spiro atoms. The summed E-state index contributed by atoms with van der Waals surface area (Å²) < 4.78 is 1.97. The van der Waals surface area contributed by atoms with Crippen LogP contribution in [0.15, 0.2) is 60.8 Å². The van der Waals surface area contributed by atoms with E-state index in [1.807, 2.05) is 79.4 Å². The van der Waals surface area contributed by atoms with Gasteiger partial charge in [-0.3, -0.25) is 9.69 Å². The summed E-state index contributed by atoms with van der Waals surface area (Å²) in [6.45, 7) is 5.14. The van der Waals surface area contributed by atoms with Crippen molar-refractivity contribution in [1.82, 2.24) is 19.7 Å². The molecule has 28 heavy (non-hydrogen) atoms. The average Bonchev–Trinajstić information content (AvgIpc) is 3.25. The molecule has 0 atom stereocenters. The van der Waals surface area contributed by atoms with Crippen LogP contribution in [0.5, 0.6) is 0 Å². The zero-order valence-electron chi connectivity index (χ0n) is 16.4. The van der Waals surface area contributed by atoms with Crippen LogP contribution in [0.2, 0.25) is 0 Å². The Labute approximate surface area is 164 Å². The number of fused-ring (bicyclic) bond motifs is 1. The summed E-state index contributed by atoms with van der Waals surface area (Å²) in [5.74, 6) is 0.116. The molecule has 5 heteroatoms. The Hall–Kier alpha value is -3.18. The zero-order chi connectivity index (χ0) is 19.7. The number of hydrogen-bond donors (Lipinski definition) is 1. The molecule has 2 heterocycles. The highest BCUT2D eigenvalue weighted by atomic mass is 16.1. The van der Waals surface area contributed by atoms with Crippen LogP contribution in [-0.2, 0) is 6.54 Å². The van der Waals surface area contributed by atoms with Crippen LogP contribution in [-0.4, -0.2) is 39.0 Å². The first-order valence-corrected chi connectivity index (χ1v) is 9.43. The second-order valence-electron chi connectivity index (χ2n) is 7.24. The summed E-state index contributed by atoms with van der Waals surface area (Å²) in [7, 11) is 1.98. The van der Waals surface area contributed by atoms with Crippen molar-refractivity contribution in [3.63, 3.8) is 0 Å². The Morgan fingerprint density at radius 1 is 1.07 bits per heavy atom. The Morgan fingerprint density at radius 3 is 2.57 bits per heavy atom. The van der Waals surface area contributed by atoms with E-state index in [0.717, 1.165) is 39.1 Å². The minimum absolute atomic E-state index is 0.116. The number of benzene rings is 2. The first-order valence-electron chi connectivity index (χ1n) is 9.43. The monoisotopic (exact) mass is 372 g/mol. The molecule has 4 rings (SSSR count). The maximum atomic E-state index is 12.8. The van der Waals surface area contributed by atoms with Crippen LogP contribution in [0.1, 0.15) is 27.3 Å². The predicted octanol–water partition coefficient (Wildman–Crippen LogP) is 4.29. The lowest BCUT2D eigenvalue weighted by Gasteiger charge is -2.16. The number of carbonyl (C=O) groups is 1. The highest BCUT2D eigenvalue weighted by molar-refractivity contribution is 6.08. The molecule has 0 bridgehead atoms. The van der Waals surface area contributed by atoms with Crippen molar-refractivity contribution in [2.45, 2.75) is 20.4 Å². The molecule has 0 saturated carbocycles. The van der Waals surface area contributed by atoms with Crippen LogP contribution < -0.4 is 0 Å². The zero-order valence-corrected chi connectivity index (χ0v) is 16.4. The van der Waals surface area contributed by atoms with Crippen LogP contribution >= 0.6 is 0 Å².